The van der Waals surface area contributed by atoms with E-state index in [0.717, 1.165) is 45.6 Å². The number of carbonyl (C=O) groups is 1. The van der Waals surface area contributed by atoms with E-state index in [0.29, 0.717) is 6.54 Å². The summed E-state index contributed by atoms with van der Waals surface area (Å²) in [4.78, 5) is 15.3. The number of methoxy groups -OCH3 is 1. The van der Waals surface area contributed by atoms with Crippen molar-refractivity contribution in [3.05, 3.63) is 101 Å². The van der Waals surface area contributed by atoms with Crippen molar-refractivity contribution >= 4 is 17.3 Å². The van der Waals surface area contributed by atoms with Crippen LogP contribution in [0.1, 0.15) is 35.3 Å². The highest BCUT2D eigenvalue weighted by Crippen LogP contribution is 2.29. The number of aromatic nitrogens is 3. The lowest BCUT2D eigenvalue weighted by atomic mass is 9.99. The second kappa shape index (κ2) is 10.1. The number of aliphatic imine (C=N–C) groups is 1. The van der Waals surface area contributed by atoms with Gasteiger partial charge in [-0.2, -0.15) is 0 Å². The smallest absolute Gasteiger partial charge is 0.221 e. The zero-order valence-corrected chi connectivity index (χ0v) is 19.7. The minimum absolute atomic E-state index is 0.0359. The van der Waals surface area contributed by atoms with Crippen molar-refractivity contribution in [1.29, 1.82) is 0 Å². The van der Waals surface area contributed by atoms with Gasteiger partial charge in [0.1, 0.15) is 18.1 Å². The molecule has 7 heteroatoms. The van der Waals surface area contributed by atoms with Crippen LogP contribution >= 0.6 is 0 Å². The van der Waals surface area contributed by atoms with Crippen molar-refractivity contribution in [2.75, 3.05) is 12.4 Å². The molecule has 3 aromatic carbocycles. The van der Waals surface area contributed by atoms with Crippen LogP contribution in [0.3, 0.4) is 0 Å². The molecule has 0 atom stereocenters. The minimum Gasteiger partial charge on any atom is -0.497 e. The molecule has 0 spiro atoms. The maximum atomic E-state index is 10.5. The molecule has 0 aliphatic carbocycles. The molecule has 2 heterocycles. The van der Waals surface area contributed by atoms with E-state index in [9.17, 15) is 4.79 Å². The van der Waals surface area contributed by atoms with Gasteiger partial charge >= 0.3 is 0 Å². The fourth-order valence-corrected chi connectivity index (χ4v) is 3.77. The normalized spacial score (nSPS) is 11.7. The predicted molar refractivity (Wildman–Crippen MR) is 134 cm³/mol. The maximum Gasteiger partial charge on any atom is 0.221 e. The van der Waals surface area contributed by atoms with Gasteiger partial charge in [0.05, 0.1) is 18.5 Å². The highest BCUT2D eigenvalue weighted by molar-refractivity contribution is 6.15. The number of hydrogen-bond acceptors (Lipinski definition) is 5. The summed E-state index contributed by atoms with van der Waals surface area (Å²) in [5, 5.41) is 11.1. The first-order chi connectivity index (χ1) is 16.5. The van der Waals surface area contributed by atoms with Gasteiger partial charge in [-0.15, -0.1) is 10.2 Å². The highest BCUT2D eigenvalue weighted by atomic mass is 16.5. The van der Waals surface area contributed by atoms with Gasteiger partial charge in [-0.05, 0) is 44.2 Å². The third-order valence-electron chi connectivity index (χ3n) is 5.39. The number of nitrogens with zero attached hydrogens (tertiary/aromatic N) is 4. The van der Waals surface area contributed by atoms with Gasteiger partial charge in [0.2, 0.25) is 5.91 Å². The first-order valence-corrected chi connectivity index (χ1v) is 11.0. The lowest BCUT2D eigenvalue weighted by Gasteiger charge is -2.14. The second-order valence-electron chi connectivity index (χ2n) is 7.96. The van der Waals surface area contributed by atoms with E-state index < -0.39 is 0 Å². The van der Waals surface area contributed by atoms with Crippen LogP contribution in [-0.4, -0.2) is 33.5 Å². The van der Waals surface area contributed by atoms with Gasteiger partial charge in [0.15, 0.2) is 5.82 Å². The van der Waals surface area contributed by atoms with Gasteiger partial charge in [0.25, 0.3) is 0 Å². The number of anilines is 1. The standard InChI is InChI=1S/C19H18N4O.C8H9NO/c1-12-4-6-14(7-5-12)19-16-10-15(24-3)8-9-17(16)23-13(2)21-22-18(23)11-20-19;1-7(10)9-8-5-3-2-4-6-8/h4-10H,11H2,1-3H3;2-6H,1H3,(H,9,10). The molecule has 172 valence electrons. The van der Waals surface area contributed by atoms with E-state index >= 15 is 0 Å². The van der Waals surface area contributed by atoms with Gasteiger partial charge in [-0.25, -0.2) is 0 Å². The molecular formula is C27H27N5O2. The Morgan fingerprint density at radius 1 is 0.971 bits per heavy atom. The Bertz CT molecular complexity index is 1330. The Morgan fingerprint density at radius 3 is 2.38 bits per heavy atom. The van der Waals surface area contributed by atoms with Crippen molar-refractivity contribution in [3.8, 4) is 11.4 Å². The first kappa shape index (κ1) is 22.9. The van der Waals surface area contributed by atoms with E-state index in [4.69, 9.17) is 9.73 Å². The highest BCUT2D eigenvalue weighted by Gasteiger charge is 2.22. The van der Waals surface area contributed by atoms with Gasteiger partial charge < -0.3 is 10.1 Å². The number of amides is 1. The molecule has 0 saturated carbocycles. The van der Waals surface area contributed by atoms with Crippen LogP contribution in [-0.2, 0) is 11.3 Å². The molecule has 0 radical (unpaired) electrons. The van der Waals surface area contributed by atoms with Crippen LogP contribution in [0.5, 0.6) is 5.75 Å². The molecule has 0 fully saturated rings. The molecule has 0 unspecified atom stereocenters. The van der Waals surface area contributed by atoms with Crippen LogP contribution in [0.25, 0.3) is 5.69 Å². The number of hydrogen-bond donors (Lipinski definition) is 1. The summed E-state index contributed by atoms with van der Waals surface area (Å²) in [6.07, 6.45) is 0. The van der Waals surface area contributed by atoms with Crippen LogP contribution in [0.4, 0.5) is 5.69 Å². The largest absolute Gasteiger partial charge is 0.497 e. The molecule has 1 N–H and O–H groups in total. The first-order valence-electron chi connectivity index (χ1n) is 11.0. The van der Waals surface area contributed by atoms with Gasteiger partial charge in [-0.3, -0.25) is 14.4 Å². The maximum absolute atomic E-state index is 10.5. The quantitative estimate of drug-likeness (QED) is 0.479. The Morgan fingerprint density at radius 2 is 1.71 bits per heavy atom. The van der Waals surface area contributed by atoms with Crippen molar-refractivity contribution in [3.63, 3.8) is 0 Å². The molecule has 0 saturated heterocycles. The summed E-state index contributed by atoms with van der Waals surface area (Å²) < 4.78 is 7.50. The van der Waals surface area contributed by atoms with E-state index in [1.165, 1.54) is 12.5 Å². The molecule has 34 heavy (non-hydrogen) atoms. The summed E-state index contributed by atoms with van der Waals surface area (Å²) >= 11 is 0. The summed E-state index contributed by atoms with van der Waals surface area (Å²) in [7, 11) is 1.68. The summed E-state index contributed by atoms with van der Waals surface area (Å²) in [6.45, 7) is 6.04. The van der Waals surface area contributed by atoms with Crippen molar-refractivity contribution in [2.24, 2.45) is 4.99 Å². The Hall–Kier alpha value is -4.26. The Balaban J connectivity index is 0.000000231. The van der Waals surface area contributed by atoms with Crippen LogP contribution in [0.2, 0.25) is 0 Å². The SMILES string of the molecule is CC(=O)Nc1ccccc1.COc1ccc2c(c1)C(c1ccc(C)cc1)=NCc1nnc(C)n1-2. The average molecular weight is 454 g/mol. The number of aryl methyl sites for hydroxylation is 2. The monoisotopic (exact) mass is 453 g/mol. The number of ether oxygens (including phenoxy) is 1. The number of fused-ring (bicyclic) bond motifs is 3. The van der Waals surface area contributed by atoms with Crippen molar-refractivity contribution in [1.82, 2.24) is 14.8 Å². The van der Waals surface area contributed by atoms with E-state index in [1.54, 1.807) is 7.11 Å². The number of rotatable bonds is 3. The molecule has 7 nitrogen and oxygen atoms in total. The van der Waals surface area contributed by atoms with Crippen LogP contribution < -0.4 is 10.1 Å². The zero-order valence-electron chi connectivity index (χ0n) is 19.7. The lowest BCUT2D eigenvalue weighted by molar-refractivity contribution is -0.114. The van der Waals surface area contributed by atoms with E-state index in [-0.39, 0.29) is 5.91 Å². The van der Waals surface area contributed by atoms with E-state index in [1.807, 2.05) is 55.5 Å². The summed E-state index contributed by atoms with van der Waals surface area (Å²) in [5.41, 5.74) is 6.17. The van der Waals surface area contributed by atoms with E-state index in [2.05, 4.69) is 51.3 Å². The minimum atomic E-state index is -0.0359. The fourth-order valence-electron chi connectivity index (χ4n) is 3.77. The number of para-hydroxylation sites is 1. The number of carbonyl (C=O) groups excluding carboxylic acids is 1. The Kier molecular flexibility index (Phi) is 6.82. The third kappa shape index (κ3) is 5.04. The molecule has 4 aromatic rings. The lowest BCUT2D eigenvalue weighted by Crippen LogP contribution is -2.08. The number of benzene rings is 3. The topological polar surface area (TPSA) is 81.4 Å². The summed E-state index contributed by atoms with van der Waals surface area (Å²) in [5.74, 6) is 2.48. The number of nitrogens with one attached hydrogen (secondary N) is 1. The molecule has 1 aliphatic heterocycles. The molecule has 1 amide bonds. The van der Waals surface area contributed by atoms with Crippen LogP contribution in [0, 0.1) is 13.8 Å². The molecule has 1 aliphatic rings. The summed E-state index contributed by atoms with van der Waals surface area (Å²) in [6, 6.07) is 23.8. The van der Waals surface area contributed by atoms with Gasteiger partial charge in [-0.1, -0.05) is 48.0 Å². The second-order valence-corrected chi connectivity index (χ2v) is 7.96. The average Bonchev–Trinajstić information content (AvgIpc) is 3.12. The third-order valence-corrected chi connectivity index (χ3v) is 5.39. The predicted octanol–water partition coefficient (Wildman–Crippen LogP) is 4.89. The molecule has 5 rings (SSSR count). The zero-order chi connectivity index (χ0) is 24.1. The van der Waals surface area contributed by atoms with Gasteiger partial charge in [0, 0.05) is 23.7 Å². The van der Waals surface area contributed by atoms with Crippen molar-refractivity contribution < 1.29 is 9.53 Å². The Labute approximate surface area is 199 Å². The van der Waals surface area contributed by atoms with Crippen molar-refractivity contribution in [2.45, 2.75) is 27.3 Å². The molecule has 1 aromatic heterocycles. The molecular weight excluding hydrogens is 426 g/mol. The fraction of sp³-hybridized carbons (Fsp3) is 0.185. The molecule has 0 bridgehead atoms. The van der Waals surface area contributed by atoms with Crippen LogP contribution in [0.15, 0.2) is 77.8 Å².